The zero-order valence-electron chi connectivity index (χ0n) is 6.74. The average Bonchev–Trinajstić information content (AvgIpc) is 2.52. The largest absolute Gasteiger partial charge is 0.492 e. The standard InChI is InChI=1S/C8H10N2OS/c1-2-6-9-5-3-4-12-7(5)8(11)10-6/h3-4,6,9H,2H2,1H3,(H,10,11). The molecule has 2 heterocycles. The van der Waals surface area contributed by atoms with Gasteiger partial charge in [-0.3, -0.25) is 0 Å². The van der Waals surface area contributed by atoms with E-state index in [-0.39, 0.29) is 12.1 Å². The lowest BCUT2D eigenvalue weighted by atomic mass is 10.3. The molecule has 3 nitrogen and oxygen atoms in total. The van der Waals surface area contributed by atoms with E-state index in [0.717, 1.165) is 17.0 Å². The number of hydrogen-bond donors (Lipinski definition) is 2. The molecule has 0 radical (unpaired) electrons. The van der Waals surface area contributed by atoms with Gasteiger partial charge in [0.2, 0.25) is 5.90 Å². The number of aliphatic hydroxyl groups is 1. The number of aliphatic imine (C=N–C) groups is 1. The Balaban J connectivity index is 2.38. The second-order valence-electron chi connectivity index (χ2n) is 2.68. The molecule has 1 aliphatic heterocycles. The molecular weight excluding hydrogens is 172 g/mol. The number of rotatable bonds is 1. The van der Waals surface area contributed by atoms with Crippen LogP contribution in [0.5, 0.6) is 0 Å². The number of aliphatic hydroxyl groups excluding tert-OH is 1. The van der Waals surface area contributed by atoms with Crippen molar-refractivity contribution in [1.29, 1.82) is 0 Å². The predicted molar refractivity (Wildman–Crippen MR) is 51.2 cm³/mol. The molecule has 1 atom stereocenters. The van der Waals surface area contributed by atoms with Gasteiger partial charge in [0.15, 0.2) is 0 Å². The van der Waals surface area contributed by atoms with E-state index in [1.54, 1.807) is 0 Å². The molecule has 0 saturated heterocycles. The zero-order chi connectivity index (χ0) is 8.55. The van der Waals surface area contributed by atoms with E-state index in [1.807, 2.05) is 18.4 Å². The van der Waals surface area contributed by atoms with Crippen LogP contribution in [0.15, 0.2) is 16.4 Å². The summed E-state index contributed by atoms with van der Waals surface area (Å²) in [4.78, 5) is 4.93. The van der Waals surface area contributed by atoms with Crippen molar-refractivity contribution >= 4 is 22.9 Å². The van der Waals surface area contributed by atoms with Crippen molar-refractivity contribution in [2.24, 2.45) is 4.99 Å². The van der Waals surface area contributed by atoms with E-state index in [9.17, 15) is 5.11 Å². The molecule has 0 saturated carbocycles. The van der Waals surface area contributed by atoms with Crippen LogP contribution in [0.25, 0.3) is 0 Å². The van der Waals surface area contributed by atoms with E-state index in [1.165, 1.54) is 11.3 Å². The fourth-order valence-electron chi connectivity index (χ4n) is 1.21. The Kier molecular flexibility index (Phi) is 1.77. The van der Waals surface area contributed by atoms with Crippen molar-refractivity contribution in [3.8, 4) is 0 Å². The molecular formula is C8H10N2OS. The molecule has 2 rings (SSSR count). The summed E-state index contributed by atoms with van der Waals surface area (Å²) in [6, 6.07) is 1.97. The molecule has 0 aliphatic carbocycles. The molecule has 1 aliphatic rings. The summed E-state index contributed by atoms with van der Waals surface area (Å²) in [6.07, 6.45) is 0.923. The molecule has 0 aromatic carbocycles. The number of nitrogens with zero attached hydrogens (tertiary/aromatic N) is 1. The summed E-state index contributed by atoms with van der Waals surface area (Å²) in [5.74, 6) is 0.172. The SMILES string of the molecule is CCC1N=C(O)c2sccc2N1. The molecule has 0 amide bonds. The van der Waals surface area contributed by atoms with Gasteiger partial charge in [-0.1, -0.05) is 6.92 Å². The lowest BCUT2D eigenvalue weighted by Crippen LogP contribution is -2.23. The molecule has 0 bridgehead atoms. The third kappa shape index (κ3) is 1.08. The van der Waals surface area contributed by atoms with Crippen molar-refractivity contribution in [3.05, 3.63) is 16.3 Å². The first-order chi connectivity index (χ1) is 5.81. The van der Waals surface area contributed by atoms with Crippen LogP contribution < -0.4 is 5.32 Å². The minimum absolute atomic E-state index is 0.0344. The predicted octanol–water partition coefficient (Wildman–Crippen LogP) is 2.21. The van der Waals surface area contributed by atoms with Gasteiger partial charge in [-0.05, 0) is 17.9 Å². The van der Waals surface area contributed by atoms with Gasteiger partial charge in [0.25, 0.3) is 0 Å². The van der Waals surface area contributed by atoms with Gasteiger partial charge >= 0.3 is 0 Å². The Bertz CT molecular complexity index is 319. The molecule has 1 aromatic heterocycles. The molecule has 1 aromatic rings. The zero-order valence-corrected chi connectivity index (χ0v) is 7.56. The van der Waals surface area contributed by atoms with Gasteiger partial charge < -0.3 is 10.4 Å². The van der Waals surface area contributed by atoms with Crippen LogP contribution in [0, 0.1) is 0 Å². The number of hydrogen-bond acceptors (Lipinski definition) is 3. The van der Waals surface area contributed by atoms with Gasteiger partial charge in [-0.2, -0.15) is 0 Å². The second kappa shape index (κ2) is 2.79. The third-order valence-electron chi connectivity index (χ3n) is 1.86. The number of thiophene rings is 1. The van der Waals surface area contributed by atoms with Gasteiger partial charge in [0.05, 0.1) is 5.69 Å². The van der Waals surface area contributed by atoms with Crippen molar-refractivity contribution < 1.29 is 5.11 Å². The van der Waals surface area contributed by atoms with Gasteiger partial charge in [-0.15, -0.1) is 11.3 Å². The lowest BCUT2D eigenvalue weighted by molar-refractivity contribution is 0.537. The normalized spacial score (nSPS) is 21.1. The van der Waals surface area contributed by atoms with Gasteiger partial charge in [0.1, 0.15) is 11.0 Å². The topological polar surface area (TPSA) is 44.6 Å². The number of fused-ring (bicyclic) bond motifs is 1. The van der Waals surface area contributed by atoms with E-state index in [4.69, 9.17) is 0 Å². The van der Waals surface area contributed by atoms with Crippen molar-refractivity contribution in [2.45, 2.75) is 19.5 Å². The summed E-state index contributed by atoms with van der Waals surface area (Å²) in [5.41, 5.74) is 0.999. The number of nitrogens with one attached hydrogen (secondary N) is 1. The van der Waals surface area contributed by atoms with Crippen LogP contribution in [0.1, 0.15) is 18.2 Å². The molecule has 1 unspecified atom stereocenters. The van der Waals surface area contributed by atoms with Crippen molar-refractivity contribution in [1.82, 2.24) is 0 Å². The maximum Gasteiger partial charge on any atom is 0.228 e. The van der Waals surface area contributed by atoms with Crippen molar-refractivity contribution in [3.63, 3.8) is 0 Å². The maximum absolute atomic E-state index is 9.47. The summed E-state index contributed by atoms with van der Waals surface area (Å²) < 4.78 is 0. The van der Waals surface area contributed by atoms with Crippen LogP contribution in [0.3, 0.4) is 0 Å². The highest BCUT2D eigenvalue weighted by Crippen LogP contribution is 2.27. The summed E-state index contributed by atoms with van der Waals surface area (Å²) in [5, 5.41) is 14.6. The highest BCUT2D eigenvalue weighted by molar-refractivity contribution is 7.12. The lowest BCUT2D eigenvalue weighted by Gasteiger charge is -2.18. The van der Waals surface area contributed by atoms with Gasteiger partial charge in [0, 0.05) is 0 Å². The van der Waals surface area contributed by atoms with E-state index < -0.39 is 0 Å². The first kappa shape index (κ1) is 7.61. The fourth-order valence-corrected chi connectivity index (χ4v) is 1.96. The monoisotopic (exact) mass is 182 g/mol. The Morgan fingerprint density at radius 1 is 1.75 bits per heavy atom. The Morgan fingerprint density at radius 2 is 2.58 bits per heavy atom. The summed E-state index contributed by atoms with van der Waals surface area (Å²) in [6.45, 7) is 2.03. The Labute approximate surface area is 74.8 Å². The summed E-state index contributed by atoms with van der Waals surface area (Å²) >= 11 is 1.50. The third-order valence-corrected chi connectivity index (χ3v) is 2.77. The molecule has 0 spiro atoms. The van der Waals surface area contributed by atoms with Crippen LogP contribution in [-0.4, -0.2) is 17.2 Å². The summed E-state index contributed by atoms with van der Waals surface area (Å²) in [7, 11) is 0. The quantitative estimate of drug-likeness (QED) is 0.699. The van der Waals surface area contributed by atoms with Gasteiger partial charge in [-0.25, -0.2) is 4.99 Å². The molecule has 2 N–H and O–H groups in total. The van der Waals surface area contributed by atoms with E-state index >= 15 is 0 Å². The minimum atomic E-state index is 0.0344. The molecule has 4 heteroatoms. The average molecular weight is 182 g/mol. The molecule has 64 valence electrons. The smallest absolute Gasteiger partial charge is 0.228 e. The minimum Gasteiger partial charge on any atom is -0.492 e. The molecule has 12 heavy (non-hydrogen) atoms. The molecule has 0 fully saturated rings. The van der Waals surface area contributed by atoms with Crippen LogP contribution in [0.4, 0.5) is 5.69 Å². The number of anilines is 1. The van der Waals surface area contributed by atoms with Crippen LogP contribution in [-0.2, 0) is 0 Å². The highest BCUT2D eigenvalue weighted by atomic mass is 32.1. The highest BCUT2D eigenvalue weighted by Gasteiger charge is 2.18. The van der Waals surface area contributed by atoms with Crippen molar-refractivity contribution in [2.75, 3.05) is 5.32 Å². The Hall–Kier alpha value is -1.03. The van der Waals surface area contributed by atoms with Crippen LogP contribution in [0.2, 0.25) is 0 Å². The second-order valence-corrected chi connectivity index (χ2v) is 3.60. The van der Waals surface area contributed by atoms with Crippen LogP contribution >= 0.6 is 11.3 Å². The first-order valence-electron chi connectivity index (χ1n) is 3.92. The van der Waals surface area contributed by atoms with E-state index in [2.05, 4.69) is 10.3 Å². The first-order valence-corrected chi connectivity index (χ1v) is 4.80. The fraction of sp³-hybridized carbons (Fsp3) is 0.375. The maximum atomic E-state index is 9.47. The Morgan fingerprint density at radius 3 is 3.33 bits per heavy atom. The van der Waals surface area contributed by atoms with E-state index in [0.29, 0.717) is 0 Å².